The van der Waals surface area contributed by atoms with Gasteiger partial charge in [-0.1, -0.05) is 0 Å². The van der Waals surface area contributed by atoms with Crippen molar-refractivity contribution in [3.8, 4) is 0 Å². The van der Waals surface area contributed by atoms with Gasteiger partial charge < -0.3 is 11.5 Å². The van der Waals surface area contributed by atoms with E-state index in [4.69, 9.17) is 11.5 Å². The van der Waals surface area contributed by atoms with E-state index in [2.05, 4.69) is 0 Å². The van der Waals surface area contributed by atoms with Gasteiger partial charge in [-0.15, -0.1) is 0 Å². The van der Waals surface area contributed by atoms with Crippen LogP contribution in [-0.4, -0.2) is 12.1 Å². The van der Waals surface area contributed by atoms with Crippen molar-refractivity contribution in [3.05, 3.63) is 0 Å². The Kier molecular flexibility index (Phi) is 2.27. The molecule has 1 aliphatic carbocycles. The van der Waals surface area contributed by atoms with Crippen LogP contribution in [0.5, 0.6) is 0 Å². The van der Waals surface area contributed by atoms with Gasteiger partial charge in [0.2, 0.25) is 0 Å². The summed E-state index contributed by atoms with van der Waals surface area (Å²) in [4.78, 5) is 0. The smallest absolute Gasteiger partial charge is 0.0208 e. The SMILES string of the molecule is N[C@@H]1C[C@H]1N.[Pt]. The van der Waals surface area contributed by atoms with Crippen LogP contribution in [0, 0.1) is 0 Å². The zero-order valence-corrected chi connectivity index (χ0v) is 5.60. The molecule has 3 heteroatoms. The Balaban J connectivity index is 0.000000250. The molecule has 0 spiro atoms. The second-order valence-corrected chi connectivity index (χ2v) is 1.56. The van der Waals surface area contributed by atoms with Crippen molar-refractivity contribution >= 4 is 0 Å². The van der Waals surface area contributed by atoms with Crippen molar-refractivity contribution in [1.82, 2.24) is 0 Å². The van der Waals surface area contributed by atoms with Gasteiger partial charge in [0, 0.05) is 33.1 Å². The molecule has 4 N–H and O–H groups in total. The summed E-state index contributed by atoms with van der Waals surface area (Å²) < 4.78 is 0. The Morgan fingerprint density at radius 1 is 1.17 bits per heavy atom. The van der Waals surface area contributed by atoms with Crippen molar-refractivity contribution in [1.29, 1.82) is 0 Å². The largest absolute Gasteiger partial charge is 0.326 e. The molecule has 0 saturated heterocycles. The van der Waals surface area contributed by atoms with Gasteiger partial charge in [0.25, 0.3) is 0 Å². The van der Waals surface area contributed by atoms with Crippen molar-refractivity contribution in [3.63, 3.8) is 0 Å². The first-order valence-corrected chi connectivity index (χ1v) is 1.82. The molecule has 0 heterocycles. The predicted octanol–water partition coefficient (Wildman–Crippen LogP) is -0.958. The van der Waals surface area contributed by atoms with Crippen LogP contribution in [0.2, 0.25) is 0 Å². The summed E-state index contributed by atoms with van der Waals surface area (Å²) in [6, 6.07) is 0.657. The third-order valence-corrected chi connectivity index (χ3v) is 0.891. The summed E-state index contributed by atoms with van der Waals surface area (Å²) in [5.41, 5.74) is 10.5. The van der Waals surface area contributed by atoms with Gasteiger partial charge in [-0.3, -0.25) is 0 Å². The van der Waals surface area contributed by atoms with E-state index in [1.54, 1.807) is 0 Å². The Hall–Kier alpha value is 0.608. The summed E-state index contributed by atoms with van der Waals surface area (Å²) in [6.45, 7) is 0. The van der Waals surface area contributed by atoms with E-state index in [9.17, 15) is 0 Å². The quantitative estimate of drug-likeness (QED) is 0.594. The average molecular weight is 267 g/mol. The van der Waals surface area contributed by atoms with Crippen LogP contribution in [0.25, 0.3) is 0 Å². The first-order chi connectivity index (χ1) is 2.30. The molecule has 0 aliphatic heterocycles. The van der Waals surface area contributed by atoms with Crippen LogP contribution in [0.3, 0.4) is 0 Å². The molecule has 40 valence electrons. The fourth-order valence-corrected chi connectivity index (χ4v) is 0.236. The van der Waals surface area contributed by atoms with E-state index in [1.807, 2.05) is 0 Å². The molecule has 0 aromatic rings. The van der Waals surface area contributed by atoms with Crippen LogP contribution < -0.4 is 11.5 Å². The minimum atomic E-state index is 0. The molecule has 0 bridgehead atoms. The Bertz CT molecular complexity index is 42.1. The molecule has 1 rings (SSSR count). The molecule has 1 aliphatic rings. The van der Waals surface area contributed by atoms with Gasteiger partial charge in [0.1, 0.15) is 0 Å². The molecular formula is C3H8N2Pt. The topological polar surface area (TPSA) is 52.0 Å². The van der Waals surface area contributed by atoms with Gasteiger partial charge >= 0.3 is 0 Å². The van der Waals surface area contributed by atoms with Crippen molar-refractivity contribution < 1.29 is 21.1 Å². The Labute approximate surface area is 51.5 Å². The molecule has 0 unspecified atom stereocenters. The molecule has 2 atom stereocenters. The predicted molar refractivity (Wildman–Crippen MR) is 20.6 cm³/mol. The molecule has 2 nitrogen and oxygen atoms in total. The molecule has 0 amide bonds. The fourth-order valence-electron chi connectivity index (χ4n) is 0.236. The Morgan fingerprint density at radius 2 is 1.33 bits per heavy atom. The van der Waals surface area contributed by atoms with E-state index >= 15 is 0 Å². The summed E-state index contributed by atoms with van der Waals surface area (Å²) >= 11 is 0. The molecule has 0 radical (unpaired) electrons. The molecule has 6 heavy (non-hydrogen) atoms. The van der Waals surface area contributed by atoms with Gasteiger partial charge in [0.15, 0.2) is 0 Å². The van der Waals surface area contributed by atoms with Crippen LogP contribution >= 0.6 is 0 Å². The minimum Gasteiger partial charge on any atom is -0.326 e. The van der Waals surface area contributed by atoms with E-state index in [0.29, 0.717) is 12.1 Å². The summed E-state index contributed by atoms with van der Waals surface area (Å²) in [5, 5.41) is 0. The maximum Gasteiger partial charge on any atom is 0.0208 e. The van der Waals surface area contributed by atoms with E-state index in [0.717, 1.165) is 6.42 Å². The average Bonchev–Trinajstić information content (AvgIpc) is 1.79. The van der Waals surface area contributed by atoms with Gasteiger partial charge in [-0.05, 0) is 6.42 Å². The van der Waals surface area contributed by atoms with Crippen molar-refractivity contribution in [2.24, 2.45) is 11.5 Å². The van der Waals surface area contributed by atoms with E-state index < -0.39 is 0 Å². The van der Waals surface area contributed by atoms with Crippen LogP contribution in [0.1, 0.15) is 6.42 Å². The molecule has 0 aromatic heterocycles. The van der Waals surface area contributed by atoms with Crippen LogP contribution in [-0.2, 0) is 21.1 Å². The maximum atomic E-state index is 5.24. The molecule has 1 fully saturated rings. The maximum absolute atomic E-state index is 5.24. The van der Waals surface area contributed by atoms with Gasteiger partial charge in [-0.25, -0.2) is 0 Å². The zero-order valence-electron chi connectivity index (χ0n) is 3.33. The first-order valence-electron chi connectivity index (χ1n) is 1.82. The second kappa shape index (κ2) is 2.06. The number of hydrogen-bond acceptors (Lipinski definition) is 2. The molecule has 0 aromatic carbocycles. The molecule has 1 saturated carbocycles. The van der Waals surface area contributed by atoms with Crippen molar-refractivity contribution in [2.45, 2.75) is 18.5 Å². The van der Waals surface area contributed by atoms with Crippen molar-refractivity contribution in [2.75, 3.05) is 0 Å². The van der Waals surface area contributed by atoms with Crippen LogP contribution in [0.4, 0.5) is 0 Å². The third kappa shape index (κ3) is 1.37. The standard InChI is InChI=1S/C3H8N2.Pt/c4-2-1-3(2)5;/h2-3H,1,4-5H2;/t2-,3-;/m1./s1. The molecular weight excluding hydrogens is 259 g/mol. The van der Waals surface area contributed by atoms with Crippen LogP contribution in [0.15, 0.2) is 0 Å². The number of nitrogens with two attached hydrogens (primary N) is 2. The van der Waals surface area contributed by atoms with Gasteiger partial charge in [0.05, 0.1) is 0 Å². The van der Waals surface area contributed by atoms with Gasteiger partial charge in [-0.2, -0.15) is 0 Å². The first kappa shape index (κ1) is 6.61. The Morgan fingerprint density at radius 3 is 1.33 bits per heavy atom. The van der Waals surface area contributed by atoms with E-state index in [-0.39, 0.29) is 21.1 Å². The normalized spacial score (nSPS) is 41.0. The summed E-state index contributed by atoms with van der Waals surface area (Å²) in [7, 11) is 0. The number of rotatable bonds is 0. The second-order valence-electron chi connectivity index (χ2n) is 1.56. The third-order valence-electron chi connectivity index (χ3n) is 0.891. The summed E-state index contributed by atoms with van der Waals surface area (Å²) in [5.74, 6) is 0. The minimum absolute atomic E-state index is 0. The fraction of sp³-hybridized carbons (Fsp3) is 1.00. The zero-order chi connectivity index (χ0) is 3.86. The summed E-state index contributed by atoms with van der Waals surface area (Å²) in [6.07, 6.45) is 1.03. The monoisotopic (exact) mass is 267 g/mol. The number of hydrogen-bond donors (Lipinski definition) is 2. The van der Waals surface area contributed by atoms with E-state index in [1.165, 1.54) is 0 Å².